The highest BCUT2D eigenvalue weighted by molar-refractivity contribution is 5.95. The number of rotatable bonds is 3. The van der Waals surface area contributed by atoms with Crippen molar-refractivity contribution >= 4 is 17.1 Å². The van der Waals surface area contributed by atoms with E-state index in [4.69, 9.17) is 4.99 Å². The third-order valence-corrected chi connectivity index (χ3v) is 5.34. The van der Waals surface area contributed by atoms with Gasteiger partial charge >= 0.3 is 0 Å². The Bertz CT molecular complexity index is 848. The number of hydrazine groups is 1. The molecular formula is C21H28N6. The van der Waals surface area contributed by atoms with E-state index in [0.717, 1.165) is 42.6 Å². The minimum absolute atomic E-state index is 0.784. The van der Waals surface area contributed by atoms with Crippen molar-refractivity contribution in [3.8, 4) is 0 Å². The number of aromatic nitrogens is 2. The minimum Gasteiger partial charge on any atom is -0.357 e. The van der Waals surface area contributed by atoms with E-state index < -0.39 is 0 Å². The van der Waals surface area contributed by atoms with Crippen LogP contribution in [0.1, 0.15) is 38.7 Å². The number of amidine groups is 1. The first-order valence-electron chi connectivity index (χ1n) is 9.81. The van der Waals surface area contributed by atoms with E-state index in [0.29, 0.717) is 0 Å². The van der Waals surface area contributed by atoms with Crippen molar-refractivity contribution < 1.29 is 0 Å². The Balaban J connectivity index is 1.68. The molecule has 0 N–H and O–H groups in total. The number of fused-ring (bicyclic) bond motifs is 1. The standard InChI is InChI=1S/C21H28N6/c1-4-9-17(5-2)18-14-22-26(15-18)19-16-24(3)27-13-10-20(23-21(19)27)25-11-7-6-8-12-25/h4-5,9-10,13-15H,6-8,11-12,16H2,1-3H3/b9-4-,17-5+. The van der Waals surface area contributed by atoms with Crippen LogP contribution in [-0.4, -0.2) is 57.2 Å². The molecule has 0 atom stereocenters. The molecule has 4 heterocycles. The summed E-state index contributed by atoms with van der Waals surface area (Å²) in [7, 11) is 2.08. The lowest BCUT2D eigenvalue weighted by atomic mass is 10.1. The molecule has 3 aliphatic rings. The molecule has 142 valence electrons. The van der Waals surface area contributed by atoms with Crippen LogP contribution < -0.4 is 0 Å². The second-order valence-corrected chi connectivity index (χ2v) is 7.18. The van der Waals surface area contributed by atoms with Crippen LogP contribution in [0.3, 0.4) is 0 Å². The molecule has 6 heteroatoms. The molecule has 0 saturated carbocycles. The van der Waals surface area contributed by atoms with Gasteiger partial charge in [-0.05, 0) is 44.8 Å². The van der Waals surface area contributed by atoms with E-state index in [1.54, 1.807) is 0 Å². The van der Waals surface area contributed by atoms with E-state index in [1.807, 2.05) is 17.8 Å². The lowest BCUT2D eigenvalue weighted by Crippen LogP contribution is -2.38. The lowest BCUT2D eigenvalue weighted by Gasteiger charge is -2.32. The largest absolute Gasteiger partial charge is 0.357 e. The van der Waals surface area contributed by atoms with Gasteiger partial charge in [0.25, 0.3) is 0 Å². The van der Waals surface area contributed by atoms with Gasteiger partial charge in [-0.3, -0.25) is 5.01 Å². The van der Waals surface area contributed by atoms with Crippen LogP contribution >= 0.6 is 0 Å². The van der Waals surface area contributed by atoms with Gasteiger partial charge < -0.3 is 4.90 Å². The van der Waals surface area contributed by atoms with Crippen molar-refractivity contribution in [1.82, 2.24) is 24.7 Å². The summed E-state index contributed by atoms with van der Waals surface area (Å²) in [6, 6.07) is 0. The summed E-state index contributed by atoms with van der Waals surface area (Å²) < 4.78 is 1.98. The van der Waals surface area contributed by atoms with Gasteiger partial charge in [-0.15, -0.1) is 0 Å². The van der Waals surface area contributed by atoms with Crippen molar-refractivity contribution in [3.63, 3.8) is 0 Å². The second kappa shape index (κ2) is 7.56. The Morgan fingerprint density at radius 3 is 2.70 bits per heavy atom. The highest BCUT2D eigenvalue weighted by Gasteiger charge is 2.31. The van der Waals surface area contributed by atoms with Gasteiger partial charge in [-0.25, -0.2) is 14.7 Å². The third kappa shape index (κ3) is 3.37. The fourth-order valence-corrected chi connectivity index (χ4v) is 3.87. The van der Waals surface area contributed by atoms with E-state index in [1.165, 1.54) is 24.8 Å². The van der Waals surface area contributed by atoms with Crippen molar-refractivity contribution in [3.05, 3.63) is 54.3 Å². The summed E-state index contributed by atoms with van der Waals surface area (Å²) in [4.78, 5) is 7.42. The third-order valence-electron chi connectivity index (χ3n) is 5.34. The fraction of sp³-hybridized carbons (Fsp3) is 0.429. The molecule has 27 heavy (non-hydrogen) atoms. The average molecular weight is 364 g/mol. The monoisotopic (exact) mass is 364 g/mol. The molecule has 1 saturated heterocycles. The maximum atomic E-state index is 5.02. The molecule has 0 amide bonds. The zero-order valence-electron chi connectivity index (χ0n) is 16.5. The predicted molar refractivity (Wildman–Crippen MR) is 110 cm³/mol. The second-order valence-electron chi connectivity index (χ2n) is 7.18. The number of likely N-dealkylation sites (tertiary alicyclic amines) is 1. The number of piperidine rings is 1. The average Bonchev–Trinajstić information content (AvgIpc) is 3.31. The number of nitrogens with zero attached hydrogens (tertiary/aromatic N) is 6. The molecule has 0 spiro atoms. The number of aliphatic imine (C=N–C) groups is 1. The van der Waals surface area contributed by atoms with Crippen LogP contribution in [-0.2, 0) is 0 Å². The van der Waals surface area contributed by atoms with Crippen LogP contribution in [0, 0.1) is 0 Å². The molecule has 0 aliphatic carbocycles. The van der Waals surface area contributed by atoms with Gasteiger partial charge in [-0.2, -0.15) is 5.10 Å². The van der Waals surface area contributed by atoms with E-state index in [9.17, 15) is 0 Å². The number of hydrogen-bond donors (Lipinski definition) is 0. The fourth-order valence-electron chi connectivity index (χ4n) is 3.87. The molecule has 0 bridgehead atoms. The highest BCUT2D eigenvalue weighted by atomic mass is 15.7. The zero-order chi connectivity index (χ0) is 18.8. The smallest absolute Gasteiger partial charge is 0.172 e. The molecule has 1 aromatic rings. The number of likely N-dealkylation sites (N-methyl/N-ethyl adjacent to an activating group) is 1. The lowest BCUT2D eigenvalue weighted by molar-refractivity contribution is 0.126. The summed E-state index contributed by atoms with van der Waals surface area (Å²) in [6.07, 6.45) is 18.4. The van der Waals surface area contributed by atoms with Crippen LogP contribution in [0.15, 0.2) is 53.7 Å². The molecule has 0 unspecified atom stereocenters. The van der Waals surface area contributed by atoms with E-state index in [2.05, 4.69) is 70.7 Å². The number of hydrogen-bond acceptors (Lipinski definition) is 5. The first-order chi connectivity index (χ1) is 13.2. The molecule has 1 fully saturated rings. The van der Waals surface area contributed by atoms with Gasteiger partial charge in [0.15, 0.2) is 5.82 Å². The van der Waals surface area contributed by atoms with Gasteiger partial charge in [0.05, 0.1) is 12.7 Å². The normalized spacial score (nSPS) is 21.4. The Kier molecular flexibility index (Phi) is 4.99. The summed E-state index contributed by atoms with van der Waals surface area (Å²) in [5.41, 5.74) is 3.41. The van der Waals surface area contributed by atoms with Crippen LogP contribution in [0.5, 0.6) is 0 Å². The van der Waals surface area contributed by atoms with Crippen LogP contribution in [0.2, 0.25) is 0 Å². The molecule has 0 aromatic carbocycles. The summed E-state index contributed by atoms with van der Waals surface area (Å²) in [5.74, 6) is 2.05. The molecule has 0 radical (unpaired) electrons. The molecule has 4 rings (SSSR count). The number of allylic oxidation sites excluding steroid dienone is 4. The quantitative estimate of drug-likeness (QED) is 0.769. The Morgan fingerprint density at radius 1 is 1.15 bits per heavy atom. The zero-order valence-corrected chi connectivity index (χ0v) is 16.5. The SMILES string of the molecule is C/C=C\C(=C/C)c1cnn(C2=C3N=C(N4CCCCC4)C=CN3N(C)C2)c1. The Morgan fingerprint density at radius 2 is 1.96 bits per heavy atom. The first-order valence-corrected chi connectivity index (χ1v) is 9.81. The van der Waals surface area contributed by atoms with Crippen molar-refractivity contribution in [2.24, 2.45) is 4.99 Å². The van der Waals surface area contributed by atoms with Gasteiger partial charge in [0.2, 0.25) is 0 Å². The van der Waals surface area contributed by atoms with Crippen LogP contribution in [0.4, 0.5) is 0 Å². The summed E-state index contributed by atoms with van der Waals surface area (Å²) in [5, 5.41) is 8.92. The summed E-state index contributed by atoms with van der Waals surface area (Å²) >= 11 is 0. The minimum atomic E-state index is 0.784. The van der Waals surface area contributed by atoms with E-state index >= 15 is 0 Å². The first kappa shape index (κ1) is 17.8. The van der Waals surface area contributed by atoms with Crippen molar-refractivity contribution in [2.45, 2.75) is 33.1 Å². The van der Waals surface area contributed by atoms with Crippen LogP contribution in [0.25, 0.3) is 11.3 Å². The van der Waals surface area contributed by atoms with Gasteiger partial charge in [0.1, 0.15) is 11.5 Å². The van der Waals surface area contributed by atoms with E-state index in [-0.39, 0.29) is 0 Å². The molecule has 3 aliphatic heterocycles. The highest BCUT2D eigenvalue weighted by Crippen LogP contribution is 2.30. The maximum absolute atomic E-state index is 5.02. The van der Waals surface area contributed by atoms with Gasteiger partial charge in [-0.1, -0.05) is 18.2 Å². The summed E-state index contributed by atoms with van der Waals surface area (Å²) in [6.45, 7) is 7.07. The van der Waals surface area contributed by atoms with Gasteiger partial charge in [0, 0.05) is 38.1 Å². The van der Waals surface area contributed by atoms with Crippen molar-refractivity contribution in [2.75, 3.05) is 26.7 Å². The molecule has 1 aromatic heterocycles. The Hall–Kier alpha value is -2.60. The predicted octanol–water partition coefficient (Wildman–Crippen LogP) is 3.56. The Labute approximate surface area is 161 Å². The molecular weight excluding hydrogens is 336 g/mol. The topological polar surface area (TPSA) is 39.9 Å². The van der Waals surface area contributed by atoms with Crippen molar-refractivity contribution in [1.29, 1.82) is 0 Å². The maximum Gasteiger partial charge on any atom is 0.172 e. The molecule has 6 nitrogen and oxygen atoms in total.